The molecular weight excluding hydrogens is 178 g/mol. The molecule has 6 heteroatoms. The van der Waals surface area contributed by atoms with Crippen molar-refractivity contribution in [3.05, 3.63) is 12.2 Å². The Bertz CT molecular complexity index is 213. The largest absolute Gasteiger partial charge is 0.478 e. The standard InChI is InChI=1S/C4H6O2.C3H5NO3/c1-3(2)4(5)6;1-2-6-3(5)4-7-2/h1H2,2H3,(H,5,6);2H,1H3,(H,4,5). The maximum atomic E-state index is 10.00. The van der Waals surface area contributed by atoms with E-state index in [1.165, 1.54) is 6.92 Å². The van der Waals surface area contributed by atoms with Crippen LogP contribution in [0.2, 0.25) is 0 Å². The molecule has 0 aromatic carbocycles. The molecule has 1 aliphatic heterocycles. The summed E-state index contributed by atoms with van der Waals surface area (Å²) in [5, 5.41) is 7.89. The fraction of sp³-hybridized carbons (Fsp3) is 0.429. The van der Waals surface area contributed by atoms with E-state index in [1.807, 2.05) is 5.48 Å². The molecule has 1 atom stereocenters. The van der Waals surface area contributed by atoms with E-state index in [1.54, 1.807) is 6.92 Å². The van der Waals surface area contributed by atoms with Crippen molar-refractivity contribution >= 4 is 12.1 Å². The van der Waals surface area contributed by atoms with Gasteiger partial charge < -0.3 is 9.84 Å². The highest BCUT2D eigenvalue weighted by Crippen LogP contribution is 1.97. The number of carboxylic acid groups (broad SMARTS) is 1. The van der Waals surface area contributed by atoms with Crippen LogP contribution in [-0.4, -0.2) is 23.5 Å². The second-order valence-corrected chi connectivity index (χ2v) is 2.28. The summed E-state index contributed by atoms with van der Waals surface area (Å²) in [6.07, 6.45) is -0.958. The number of carbonyl (C=O) groups is 2. The predicted octanol–water partition coefficient (Wildman–Crippen LogP) is 0.651. The molecule has 13 heavy (non-hydrogen) atoms. The van der Waals surface area contributed by atoms with Crippen molar-refractivity contribution in [2.24, 2.45) is 0 Å². The maximum Gasteiger partial charge on any atom is 0.433 e. The van der Waals surface area contributed by atoms with E-state index in [2.05, 4.69) is 16.2 Å². The summed E-state index contributed by atoms with van der Waals surface area (Å²) < 4.78 is 4.39. The third kappa shape index (κ3) is 5.68. The fourth-order valence-electron chi connectivity index (χ4n) is 0.330. The van der Waals surface area contributed by atoms with Crippen molar-refractivity contribution in [1.29, 1.82) is 0 Å². The molecule has 6 nitrogen and oxygen atoms in total. The average molecular weight is 189 g/mol. The van der Waals surface area contributed by atoms with E-state index in [0.717, 1.165) is 0 Å². The minimum atomic E-state index is -0.935. The lowest BCUT2D eigenvalue weighted by atomic mass is 10.4. The lowest BCUT2D eigenvalue weighted by Crippen LogP contribution is -2.10. The molecule has 0 aromatic heterocycles. The number of rotatable bonds is 1. The quantitative estimate of drug-likeness (QED) is 0.591. The van der Waals surface area contributed by atoms with Gasteiger partial charge >= 0.3 is 12.1 Å². The lowest BCUT2D eigenvalue weighted by molar-refractivity contribution is -0.132. The Morgan fingerprint density at radius 3 is 2.23 bits per heavy atom. The van der Waals surface area contributed by atoms with Gasteiger partial charge in [-0.05, 0) is 6.92 Å². The number of hydroxylamine groups is 1. The zero-order valence-corrected chi connectivity index (χ0v) is 7.36. The molecule has 1 aliphatic rings. The summed E-state index contributed by atoms with van der Waals surface area (Å²) in [4.78, 5) is 24.0. The molecule has 0 saturated carbocycles. The highest BCUT2D eigenvalue weighted by atomic mass is 16.9. The van der Waals surface area contributed by atoms with Crippen LogP contribution in [0.4, 0.5) is 4.79 Å². The SMILES string of the molecule is C=C(C)C(=O)O.CC1ONC(=O)O1. The van der Waals surface area contributed by atoms with Crippen molar-refractivity contribution in [3.8, 4) is 0 Å². The molecule has 0 aromatic rings. The van der Waals surface area contributed by atoms with Gasteiger partial charge in [0.05, 0.1) is 0 Å². The molecule has 0 spiro atoms. The first kappa shape index (κ1) is 11.4. The van der Waals surface area contributed by atoms with E-state index >= 15 is 0 Å². The summed E-state index contributed by atoms with van der Waals surface area (Å²) in [6, 6.07) is 0. The number of carbonyl (C=O) groups excluding carboxylic acids is 1. The summed E-state index contributed by atoms with van der Waals surface area (Å²) >= 11 is 0. The van der Waals surface area contributed by atoms with Crippen molar-refractivity contribution in [2.75, 3.05) is 0 Å². The zero-order valence-electron chi connectivity index (χ0n) is 7.36. The number of aliphatic carboxylic acids is 1. The minimum absolute atomic E-state index is 0.176. The molecule has 1 unspecified atom stereocenters. The summed E-state index contributed by atoms with van der Waals surface area (Å²) in [5.74, 6) is -0.935. The molecule has 0 bridgehead atoms. The normalized spacial score (nSPS) is 19.2. The molecule has 2 N–H and O–H groups in total. The second-order valence-electron chi connectivity index (χ2n) is 2.28. The van der Waals surface area contributed by atoms with E-state index in [0.29, 0.717) is 0 Å². The molecule has 1 fully saturated rings. The number of ether oxygens (including phenoxy) is 1. The molecule has 1 amide bonds. The van der Waals surface area contributed by atoms with Crippen molar-refractivity contribution in [3.63, 3.8) is 0 Å². The maximum absolute atomic E-state index is 10.00. The number of carboxylic acids is 1. The zero-order chi connectivity index (χ0) is 10.4. The van der Waals surface area contributed by atoms with Crippen LogP contribution < -0.4 is 5.48 Å². The highest BCUT2D eigenvalue weighted by Gasteiger charge is 2.17. The van der Waals surface area contributed by atoms with Gasteiger partial charge in [0.15, 0.2) is 0 Å². The van der Waals surface area contributed by atoms with Gasteiger partial charge in [0.25, 0.3) is 0 Å². The minimum Gasteiger partial charge on any atom is -0.478 e. The monoisotopic (exact) mass is 189 g/mol. The van der Waals surface area contributed by atoms with Gasteiger partial charge in [0.2, 0.25) is 6.29 Å². The Morgan fingerprint density at radius 2 is 2.15 bits per heavy atom. The first-order valence-corrected chi connectivity index (χ1v) is 3.44. The van der Waals surface area contributed by atoms with Crippen LogP contribution in [0, 0.1) is 0 Å². The van der Waals surface area contributed by atoms with Crippen LogP contribution in [0.3, 0.4) is 0 Å². The van der Waals surface area contributed by atoms with Gasteiger partial charge in [0, 0.05) is 12.5 Å². The Hall–Kier alpha value is -1.56. The Labute approximate surface area is 75.1 Å². The summed E-state index contributed by atoms with van der Waals surface area (Å²) in [6.45, 7) is 6.22. The molecule has 0 aliphatic carbocycles. The van der Waals surface area contributed by atoms with Gasteiger partial charge in [-0.25, -0.2) is 14.4 Å². The van der Waals surface area contributed by atoms with Crippen LogP contribution in [0.1, 0.15) is 13.8 Å². The third-order valence-electron chi connectivity index (χ3n) is 0.946. The van der Waals surface area contributed by atoms with Crippen LogP contribution in [0.5, 0.6) is 0 Å². The van der Waals surface area contributed by atoms with E-state index in [9.17, 15) is 9.59 Å². The van der Waals surface area contributed by atoms with E-state index < -0.39 is 18.4 Å². The fourth-order valence-corrected chi connectivity index (χ4v) is 0.330. The van der Waals surface area contributed by atoms with Gasteiger partial charge in [0.1, 0.15) is 0 Å². The van der Waals surface area contributed by atoms with Gasteiger partial charge in [-0.3, -0.25) is 0 Å². The van der Waals surface area contributed by atoms with Crippen LogP contribution >= 0.6 is 0 Å². The summed E-state index contributed by atoms with van der Waals surface area (Å²) in [7, 11) is 0. The van der Waals surface area contributed by atoms with Gasteiger partial charge in [-0.2, -0.15) is 5.48 Å². The molecular formula is C7H11NO5. The molecule has 1 rings (SSSR count). The Balaban J connectivity index is 0.000000226. The number of amides is 1. The average Bonchev–Trinajstić information content (AvgIpc) is 2.35. The van der Waals surface area contributed by atoms with Gasteiger partial charge in [-0.1, -0.05) is 6.58 Å². The van der Waals surface area contributed by atoms with Crippen molar-refractivity contribution < 1.29 is 24.3 Å². The number of cyclic esters (lactones) is 1. The number of hydrogen-bond acceptors (Lipinski definition) is 4. The molecule has 0 radical (unpaired) electrons. The van der Waals surface area contributed by atoms with Crippen molar-refractivity contribution in [1.82, 2.24) is 5.48 Å². The smallest absolute Gasteiger partial charge is 0.433 e. The number of nitrogens with one attached hydrogen (secondary N) is 1. The molecule has 1 heterocycles. The highest BCUT2D eigenvalue weighted by molar-refractivity contribution is 5.84. The summed E-state index contributed by atoms with van der Waals surface area (Å²) in [5.41, 5.74) is 2.18. The Morgan fingerprint density at radius 1 is 1.69 bits per heavy atom. The van der Waals surface area contributed by atoms with Gasteiger partial charge in [-0.15, -0.1) is 0 Å². The van der Waals surface area contributed by atoms with Crippen LogP contribution in [0.25, 0.3) is 0 Å². The lowest BCUT2D eigenvalue weighted by Gasteiger charge is -1.91. The molecule has 1 saturated heterocycles. The van der Waals surface area contributed by atoms with Crippen LogP contribution in [-0.2, 0) is 14.4 Å². The van der Waals surface area contributed by atoms with E-state index in [4.69, 9.17) is 5.11 Å². The molecule has 74 valence electrons. The van der Waals surface area contributed by atoms with Crippen LogP contribution in [0.15, 0.2) is 12.2 Å². The first-order valence-electron chi connectivity index (χ1n) is 3.44. The Kier molecular flexibility index (Phi) is 4.53. The predicted molar refractivity (Wildman–Crippen MR) is 42.6 cm³/mol. The second kappa shape index (κ2) is 5.15. The number of hydrogen-bond donors (Lipinski definition) is 2. The van der Waals surface area contributed by atoms with Crippen molar-refractivity contribution in [2.45, 2.75) is 20.1 Å². The first-order chi connectivity index (χ1) is 5.93. The van der Waals surface area contributed by atoms with E-state index in [-0.39, 0.29) is 5.57 Å². The topological polar surface area (TPSA) is 84.9 Å². The third-order valence-corrected chi connectivity index (χ3v) is 0.946.